The Labute approximate surface area is 129 Å². The number of benzene rings is 1. The number of rotatable bonds is 9. The van der Waals surface area contributed by atoms with Gasteiger partial charge in [-0.15, -0.1) is 0 Å². The van der Waals surface area contributed by atoms with Crippen LogP contribution >= 0.6 is 11.6 Å². The molecule has 114 valence electrons. The maximum absolute atomic E-state index is 6.49. The molecule has 0 aliphatic carbocycles. The fraction of sp³-hybridized carbons (Fsp3) is 0.647. The largest absolute Gasteiger partial charge is 0.368 e. The van der Waals surface area contributed by atoms with Crippen molar-refractivity contribution < 1.29 is 0 Å². The quantitative estimate of drug-likeness (QED) is 0.655. The molecule has 0 bridgehead atoms. The molecule has 0 spiro atoms. The van der Waals surface area contributed by atoms with Gasteiger partial charge in [0.05, 0.1) is 10.7 Å². The lowest BCUT2D eigenvalue weighted by molar-refractivity contribution is 0.626. The molecule has 0 aromatic heterocycles. The van der Waals surface area contributed by atoms with Crippen molar-refractivity contribution in [2.75, 3.05) is 18.0 Å². The standard InChI is InChI=1S/C17H29ClN2/c1-5-7-8-11-20(14(3)4)17-10-9-15(12-16(17)18)13-19-6-2/h9-10,12,14,19H,5-8,11,13H2,1-4H3. The summed E-state index contributed by atoms with van der Waals surface area (Å²) in [4.78, 5) is 2.41. The Balaban J connectivity index is 2.80. The third kappa shape index (κ3) is 5.34. The Morgan fingerprint density at radius 1 is 1.20 bits per heavy atom. The molecule has 3 heteroatoms. The molecule has 0 atom stereocenters. The molecule has 0 saturated carbocycles. The summed E-state index contributed by atoms with van der Waals surface area (Å²) in [6, 6.07) is 6.92. The van der Waals surface area contributed by atoms with Crippen molar-refractivity contribution in [2.45, 2.75) is 59.5 Å². The highest BCUT2D eigenvalue weighted by atomic mass is 35.5. The molecule has 1 N–H and O–H groups in total. The van der Waals surface area contributed by atoms with E-state index in [1.54, 1.807) is 0 Å². The Hall–Kier alpha value is -0.730. The average molecular weight is 297 g/mol. The minimum Gasteiger partial charge on any atom is -0.368 e. The summed E-state index contributed by atoms with van der Waals surface area (Å²) in [5.74, 6) is 0. The Bertz CT molecular complexity index is 391. The van der Waals surface area contributed by atoms with Crippen LogP contribution in [0, 0.1) is 0 Å². The van der Waals surface area contributed by atoms with Crippen LogP contribution in [0.25, 0.3) is 0 Å². The van der Waals surface area contributed by atoms with Gasteiger partial charge in [-0.2, -0.15) is 0 Å². The van der Waals surface area contributed by atoms with E-state index >= 15 is 0 Å². The minimum atomic E-state index is 0.476. The van der Waals surface area contributed by atoms with E-state index in [0.29, 0.717) is 6.04 Å². The van der Waals surface area contributed by atoms with Crippen molar-refractivity contribution >= 4 is 17.3 Å². The third-order valence-electron chi connectivity index (χ3n) is 3.53. The molecule has 0 aliphatic rings. The summed E-state index contributed by atoms with van der Waals surface area (Å²) < 4.78 is 0. The average Bonchev–Trinajstić information content (AvgIpc) is 2.42. The lowest BCUT2D eigenvalue weighted by atomic mass is 10.1. The van der Waals surface area contributed by atoms with Crippen molar-refractivity contribution in [1.29, 1.82) is 0 Å². The minimum absolute atomic E-state index is 0.476. The molecule has 0 radical (unpaired) electrons. The van der Waals surface area contributed by atoms with Crippen molar-refractivity contribution in [3.8, 4) is 0 Å². The van der Waals surface area contributed by atoms with E-state index in [1.807, 2.05) is 0 Å². The summed E-state index contributed by atoms with van der Waals surface area (Å²) in [7, 11) is 0. The number of halogens is 1. The van der Waals surface area contributed by atoms with E-state index in [0.717, 1.165) is 30.3 Å². The van der Waals surface area contributed by atoms with E-state index < -0.39 is 0 Å². The zero-order valence-corrected chi connectivity index (χ0v) is 14.1. The monoisotopic (exact) mass is 296 g/mol. The predicted molar refractivity (Wildman–Crippen MR) is 90.8 cm³/mol. The van der Waals surface area contributed by atoms with Crippen LogP contribution in [0.15, 0.2) is 18.2 Å². The van der Waals surface area contributed by atoms with Crippen molar-refractivity contribution in [3.05, 3.63) is 28.8 Å². The van der Waals surface area contributed by atoms with E-state index in [2.05, 4.69) is 56.1 Å². The number of hydrogen-bond donors (Lipinski definition) is 1. The van der Waals surface area contributed by atoms with Crippen LogP contribution in [0.4, 0.5) is 5.69 Å². The van der Waals surface area contributed by atoms with Crippen molar-refractivity contribution in [1.82, 2.24) is 5.32 Å². The van der Waals surface area contributed by atoms with E-state index in [-0.39, 0.29) is 0 Å². The molecule has 1 aromatic carbocycles. The predicted octanol–water partition coefficient (Wildman–Crippen LogP) is 4.85. The number of nitrogens with zero attached hydrogens (tertiary/aromatic N) is 1. The fourth-order valence-corrected chi connectivity index (χ4v) is 2.66. The van der Waals surface area contributed by atoms with Gasteiger partial charge in [0.15, 0.2) is 0 Å². The first-order valence-corrected chi connectivity index (χ1v) is 8.23. The zero-order valence-electron chi connectivity index (χ0n) is 13.4. The number of hydrogen-bond acceptors (Lipinski definition) is 2. The first-order valence-electron chi connectivity index (χ1n) is 7.85. The first-order chi connectivity index (χ1) is 9.60. The van der Waals surface area contributed by atoms with E-state index in [9.17, 15) is 0 Å². The summed E-state index contributed by atoms with van der Waals surface area (Å²) in [6.45, 7) is 11.8. The van der Waals surface area contributed by atoms with Crippen LogP contribution in [0.1, 0.15) is 52.5 Å². The van der Waals surface area contributed by atoms with Crippen LogP contribution in [-0.2, 0) is 6.54 Å². The molecular weight excluding hydrogens is 268 g/mol. The van der Waals surface area contributed by atoms with Gasteiger partial charge < -0.3 is 10.2 Å². The van der Waals surface area contributed by atoms with Crippen molar-refractivity contribution in [3.63, 3.8) is 0 Å². The van der Waals surface area contributed by atoms with Gasteiger partial charge >= 0.3 is 0 Å². The van der Waals surface area contributed by atoms with Crippen molar-refractivity contribution in [2.24, 2.45) is 0 Å². The third-order valence-corrected chi connectivity index (χ3v) is 3.83. The molecule has 1 rings (SSSR count). The van der Waals surface area contributed by atoms with Gasteiger partial charge in [-0.25, -0.2) is 0 Å². The second-order valence-corrected chi connectivity index (χ2v) is 5.97. The highest BCUT2D eigenvalue weighted by Gasteiger charge is 2.13. The molecule has 0 amide bonds. The molecule has 20 heavy (non-hydrogen) atoms. The summed E-state index contributed by atoms with van der Waals surface area (Å²) >= 11 is 6.49. The highest BCUT2D eigenvalue weighted by Crippen LogP contribution is 2.29. The van der Waals surface area contributed by atoms with Crippen LogP contribution < -0.4 is 10.2 Å². The summed E-state index contributed by atoms with van der Waals surface area (Å²) in [5.41, 5.74) is 2.41. The lowest BCUT2D eigenvalue weighted by Crippen LogP contribution is -2.32. The van der Waals surface area contributed by atoms with Gasteiger partial charge in [0.1, 0.15) is 0 Å². The van der Waals surface area contributed by atoms with Gasteiger partial charge in [0.25, 0.3) is 0 Å². The van der Waals surface area contributed by atoms with E-state index in [4.69, 9.17) is 11.6 Å². The molecule has 0 unspecified atom stereocenters. The summed E-state index contributed by atoms with van der Waals surface area (Å²) in [5, 5.41) is 4.20. The fourth-order valence-electron chi connectivity index (χ4n) is 2.35. The van der Waals surface area contributed by atoms with Crippen LogP contribution in [0.2, 0.25) is 5.02 Å². The van der Waals surface area contributed by atoms with Gasteiger partial charge in [-0.05, 0) is 44.5 Å². The molecular formula is C17H29ClN2. The normalized spacial score (nSPS) is 11.1. The van der Waals surface area contributed by atoms with Gasteiger partial charge in [-0.1, -0.05) is 44.4 Å². The van der Waals surface area contributed by atoms with E-state index in [1.165, 1.54) is 24.8 Å². The Kier molecular flexibility index (Phi) is 8.01. The van der Waals surface area contributed by atoms with Gasteiger partial charge in [0.2, 0.25) is 0 Å². The second kappa shape index (κ2) is 9.25. The van der Waals surface area contributed by atoms with Gasteiger partial charge in [-0.3, -0.25) is 0 Å². The lowest BCUT2D eigenvalue weighted by Gasteiger charge is -2.30. The Morgan fingerprint density at radius 3 is 2.50 bits per heavy atom. The molecule has 0 heterocycles. The maximum Gasteiger partial charge on any atom is 0.0642 e. The maximum atomic E-state index is 6.49. The highest BCUT2D eigenvalue weighted by molar-refractivity contribution is 6.33. The molecule has 0 aliphatic heterocycles. The zero-order chi connectivity index (χ0) is 15.0. The van der Waals surface area contributed by atoms with Gasteiger partial charge in [0, 0.05) is 19.1 Å². The topological polar surface area (TPSA) is 15.3 Å². The SMILES string of the molecule is CCCCCN(c1ccc(CNCC)cc1Cl)C(C)C. The van der Waals surface area contributed by atoms with Crippen LogP contribution in [-0.4, -0.2) is 19.1 Å². The van der Waals surface area contributed by atoms with Crippen LogP contribution in [0.5, 0.6) is 0 Å². The number of anilines is 1. The smallest absolute Gasteiger partial charge is 0.0642 e. The summed E-state index contributed by atoms with van der Waals surface area (Å²) in [6.07, 6.45) is 3.75. The molecule has 2 nitrogen and oxygen atoms in total. The Morgan fingerprint density at radius 2 is 1.95 bits per heavy atom. The first kappa shape index (κ1) is 17.3. The molecule has 1 aromatic rings. The second-order valence-electron chi connectivity index (χ2n) is 5.56. The molecule has 0 saturated heterocycles. The number of nitrogens with one attached hydrogen (secondary N) is 1. The number of unbranched alkanes of at least 4 members (excludes halogenated alkanes) is 2. The van der Waals surface area contributed by atoms with Crippen LogP contribution in [0.3, 0.4) is 0 Å². The molecule has 0 fully saturated rings.